The van der Waals surface area contributed by atoms with Gasteiger partial charge in [0.25, 0.3) is 0 Å². The van der Waals surface area contributed by atoms with E-state index in [1.54, 1.807) is 0 Å². The number of aliphatic hydroxyl groups is 1. The Morgan fingerprint density at radius 3 is 2.75 bits per heavy atom. The van der Waals surface area contributed by atoms with Crippen LogP contribution in [0.1, 0.15) is 51.9 Å². The zero-order valence-electron chi connectivity index (χ0n) is 8.05. The first kappa shape index (κ1) is 8.55. The highest BCUT2D eigenvalue weighted by atomic mass is 16.3. The fraction of sp³-hybridized carbons (Fsp3) is 1.00. The Bertz CT molecular complexity index is 166. The molecule has 2 aliphatic rings. The fourth-order valence-corrected chi connectivity index (χ4v) is 3.17. The average Bonchev–Trinajstić information content (AvgIpc) is 2.24. The van der Waals surface area contributed by atoms with Crippen molar-refractivity contribution < 1.29 is 5.11 Å². The third kappa shape index (κ3) is 1.19. The lowest BCUT2D eigenvalue weighted by Gasteiger charge is -2.32. The second kappa shape index (κ2) is 3.02. The summed E-state index contributed by atoms with van der Waals surface area (Å²) in [6.07, 6.45) is 8.81. The maximum absolute atomic E-state index is 10.5. The van der Waals surface area contributed by atoms with E-state index >= 15 is 0 Å². The standard InChI is InChI=1S/C11H20O/c1-9-6-7-10-5-3-2-4-8-11(9,10)12/h9-10,12H,2-8H2,1H3/t9-,10+,11+/m1/s1. The Hall–Kier alpha value is -0.0400. The van der Waals surface area contributed by atoms with Gasteiger partial charge >= 0.3 is 0 Å². The summed E-state index contributed by atoms with van der Waals surface area (Å²) < 4.78 is 0. The fourth-order valence-electron chi connectivity index (χ4n) is 3.17. The monoisotopic (exact) mass is 168 g/mol. The second-order valence-electron chi connectivity index (χ2n) is 4.77. The highest BCUT2D eigenvalue weighted by Gasteiger charge is 2.46. The van der Waals surface area contributed by atoms with Crippen molar-refractivity contribution >= 4 is 0 Å². The van der Waals surface area contributed by atoms with Gasteiger partial charge in [-0.15, -0.1) is 0 Å². The summed E-state index contributed by atoms with van der Waals surface area (Å²) in [7, 11) is 0. The minimum atomic E-state index is -0.267. The number of hydrogen-bond donors (Lipinski definition) is 1. The second-order valence-corrected chi connectivity index (χ2v) is 4.77. The van der Waals surface area contributed by atoms with Crippen LogP contribution in [0.5, 0.6) is 0 Å². The van der Waals surface area contributed by atoms with E-state index in [-0.39, 0.29) is 5.60 Å². The number of rotatable bonds is 0. The van der Waals surface area contributed by atoms with E-state index in [4.69, 9.17) is 0 Å². The lowest BCUT2D eigenvalue weighted by Crippen LogP contribution is -2.37. The Kier molecular flexibility index (Phi) is 2.16. The first-order valence-corrected chi connectivity index (χ1v) is 5.46. The molecule has 3 atom stereocenters. The summed E-state index contributed by atoms with van der Waals surface area (Å²) in [6.45, 7) is 2.23. The van der Waals surface area contributed by atoms with Crippen LogP contribution in [0.3, 0.4) is 0 Å². The van der Waals surface area contributed by atoms with Crippen LogP contribution >= 0.6 is 0 Å². The van der Waals surface area contributed by atoms with Crippen LogP contribution in [-0.2, 0) is 0 Å². The van der Waals surface area contributed by atoms with E-state index in [0.717, 1.165) is 6.42 Å². The summed E-state index contributed by atoms with van der Waals surface area (Å²) in [5, 5.41) is 10.5. The molecule has 0 aromatic carbocycles. The molecule has 0 radical (unpaired) electrons. The summed E-state index contributed by atoms with van der Waals surface area (Å²) in [6, 6.07) is 0. The quantitative estimate of drug-likeness (QED) is 0.589. The Balaban J connectivity index is 2.15. The van der Waals surface area contributed by atoms with E-state index in [9.17, 15) is 5.11 Å². The molecular formula is C11H20O. The summed E-state index contributed by atoms with van der Waals surface area (Å²) in [4.78, 5) is 0. The van der Waals surface area contributed by atoms with E-state index in [0.29, 0.717) is 11.8 Å². The molecule has 0 spiro atoms. The van der Waals surface area contributed by atoms with Gasteiger partial charge in [-0.2, -0.15) is 0 Å². The molecule has 0 aromatic rings. The molecule has 2 saturated carbocycles. The normalized spacial score (nSPS) is 48.5. The Labute approximate surface area is 75.2 Å². The van der Waals surface area contributed by atoms with Crippen LogP contribution in [-0.4, -0.2) is 10.7 Å². The first-order valence-electron chi connectivity index (χ1n) is 5.46. The molecule has 0 heterocycles. The van der Waals surface area contributed by atoms with Crippen LogP contribution in [0.2, 0.25) is 0 Å². The minimum absolute atomic E-state index is 0.267. The first-order chi connectivity index (χ1) is 5.73. The molecule has 1 nitrogen and oxygen atoms in total. The van der Waals surface area contributed by atoms with Gasteiger partial charge in [0.1, 0.15) is 0 Å². The predicted octanol–water partition coefficient (Wildman–Crippen LogP) is 2.73. The SMILES string of the molecule is C[C@@H]1CC[C@@H]2CCCCC[C@@]21O. The van der Waals surface area contributed by atoms with Crippen LogP contribution < -0.4 is 0 Å². The molecule has 0 bridgehead atoms. The average molecular weight is 168 g/mol. The van der Waals surface area contributed by atoms with Crippen LogP contribution in [0.15, 0.2) is 0 Å². The molecule has 12 heavy (non-hydrogen) atoms. The molecule has 2 fully saturated rings. The minimum Gasteiger partial charge on any atom is -0.389 e. The van der Waals surface area contributed by atoms with E-state index < -0.39 is 0 Å². The van der Waals surface area contributed by atoms with Gasteiger partial charge < -0.3 is 5.11 Å². The topological polar surface area (TPSA) is 20.2 Å². The number of fused-ring (bicyclic) bond motifs is 1. The highest BCUT2D eigenvalue weighted by Crippen LogP contribution is 2.47. The molecule has 2 rings (SSSR count). The molecule has 0 saturated heterocycles. The largest absolute Gasteiger partial charge is 0.389 e. The maximum atomic E-state index is 10.5. The van der Waals surface area contributed by atoms with Gasteiger partial charge in [0.05, 0.1) is 5.60 Å². The molecule has 0 amide bonds. The third-order valence-corrected chi connectivity index (χ3v) is 4.14. The van der Waals surface area contributed by atoms with Crippen LogP contribution in [0.25, 0.3) is 0 Å². The van der Waals surface area contributed by atoms with E-state index in [1.807, 2.05) is 0 Å². The van der Waals surface area contributed by atoms with Gasteiger partial charge in [0, 0.05) is 0 Å². The molecule has 1 N–H and O–H groups in total. The lowest BCUT2D eigenvalue weighted by molar-refractivity contribution is -0.0363. The van der Waals surface area contributed by atoms with Crippen molar-refractivity contribution in [2.24, 2.45) is 11.8 Å². The smallest absolute Gasteiger partial charge is 0.0701 e. The van der Waals surface area contributed by atoms with E-state index in [1.165, 1.54) is 38.5 Å². The van der Waals surface area contributed by atoms with Crippen molar-refractivity contribution in [3.05, 3.63) is 0 Å². The number of hydrogen-bond acceptors (Lipinski definition) is 1. The van der Waals surface area contributed by atoms with Crippen molar-refractivity contribution in [3.63, 3.8) is 0 Å². The molecule has 0 aliphatic heterocycles. The van der Waals surface area contributed by atoms with Gasteiger partial charge in [0.15, 0.2) is 0 Å². The Morgan fingerprint density at radius 2 is 1.92 bits per heavy atom. The van der Waals surface area contributed by atoms with Crippen LogP contribution in [0.4, 0.5) is 0 Å². The van der Waals surface area contributed by atoms with Gasteiger partial charge in [-0.05, 0) is 37.5 Å². The third-order valence-electron chi connectivity index (χ3n) is 4.14. The molecule has 70 valence electrons. The summed E-state index contributed by atoms with van der Waals surface area (Å²) in [5.41, 5.74) is -0.267. The van der Waals surface area contributed by atoms with E-state index in [2.05, 4.69) is 6.92 Å². The van der Waals surface area contributed by atoms with Gasteiger partial charge in [0.2, 0.25) is 0 Å². The molecule has 2 aliphatic carbocycles. The van der Waals surface area contributed by atoms with Crippen LogP contribution in [0, 0.1) is 11.8 Å². The molecule has 0 unspecified atom stereocenters. The molecule has 1 heteroatoms. The van der Waals surface area contributed by atoms with Gasteiger partial charge in [-0.3, -0.25) is 0 Å². The van der Waals surface area contributed by atoms with Crippen molar-refractivity contribution in [1.82, 2.24) is 0 Å². The molecule has 0 aromatic heterocycles. The predicted molar refractivity (Wildman–Crippen MR) is 49.9 cm³/mol. The lowest BCUT2D eigenvalue weighted by atomic mass is 9.81. The van der Waals surface area contributed by atoms with Gasteiger partial charge in [-0.1, -0.05) is 26.2 Å². The van der Waals surface area contributed by atoms with Crippen molar-refractivity contribution in [1.29, 1.82) is 0 Å². The molecular weight excluding hydrogens is 148 g/mol. The zero-order chi connectivity index (χ0) is 8.60. The summed E-state index contributed by atoms with van der Waals surface area (Å²) >= 11 is 0. The Morgan fingerprint density at radius 1 is 1.08 bits per heavy atom. The van der Waals surface area contributed by atoms with Crippen molar-refractivity contribution in [2.75, 3.05) is 0 Å². The van der Waals surface area contributed by atoms with Crippen molar-refractivity contribution in [2.45, 2.75) is 57.5 Å². The highest BCUT2D eigenvalue weighted by molar-refractivity contribution is 4.97. The van der Waals surface area contributed by atoms with Gasteiger partial charge in [-0.25, -0.2) is 0 Å². The summed E-state index contributed by atoms with van der Waals surface area (Å²) in [5.74, 6) is 1.19. The van der Waals surface area contributed by atoms with Crippen molar-refractivity contribution in [3.8, 4) is 0 Å². The zero-order valence-corrected chi connectivity index (χ0v) is 8.05. The maximum Gasteiger partial charge on any atom is 0.0701 e.